The van der Waals surface area contributed by atoms with Crippen molar-refractivity contribution in [3.63, 3.8) is 0 Å². The number of pyridine rings is 1. The van der Waals surface area contributed by atoms with E-state index in [4.69, 9.17) is 0 Å². The molecule has 0 aliphatic carbocycles. The highest BCUT2D eigenvalue weighted by Crippen LogP contribution is 2.36. The van der Waals surface area contributed by atoms with Crippen molar-refractivity contribution >= 4 is 20.9 Å². The monoisotopic (exact) mass is 434 g/mol. The molecule has 0 saturated carbocycles. The number of rotatable bonds is 5. The standard InChI is InChI=1S/C20H18N8O2S/c1-31(29,30)27-12-20(13-27,4-5-21)28-25-11-19(26-28)17-7-14(15-9-23-24-10-15)8-18-16(17)3-2-6-22-18/h2-3,6-11H,4,12-13H2,1H3,(H,23,24). The minimum absolute atomic E-state index is 0.116. The third-order valence-corrected chi connectivity index (χ3v) is 6.76. The van der Waals surface area contributed by atoms with Crippen LogP contribution in [-0.2, 0) is 15.6 Å². The number of fused-ring (bicyclic) bond motifs is 1. The topological polar surface area (TPSA) is 133 Å². The summed E-state index contributed by atoms with van der Waals surface area (Å²) in [5.74, 6) is 0. The van der Waals surface area contributed by atoms with E-state index in [0.717, 1.165) is 33.8 Å². The predicted octanol–water partition coefficient (Wildman–Crippen LogP) is 1.77. The molecule has 31 heavy (non-hydrogen) atoms. The number of hydrogen-bond acceptors (Lipinski definition) is 7. The lowest BCUT2D eigenvalue weighted by atomic mass is 9.90. The molecule has 0 radical (unpaired) electrons. The fraction of sp³-hybridized carbons (Fsp3) is 0.250. The molecule has 0 spiro atoms. The lowest BCUT2D eigenvalue weighted by Crippen LogP contribution is -2.64. The molecule has 1 N–H and O–H groups in total. The van der Waals surface area contributed by atoms with Gasteiger partial charge in [0.2, 0.25) is 10.0 Å². The Morgan fingerprint density at radius 2 is 2.10 bits per heavy atom. The van der Waals surface area contributed by atoms with E-state index in [0.29, 0.717) is 5.69 Å². The SMILES string of the molecule is CS(=O)(=O)N1CC(CC#N)(n2ncc(-c3cc(-c4cn[nH]c4)cc4ncccc34)n2)C1. The van der Waals surface area contributed by atoms with Crippen molar-refractivity contribution in [2.45, 2.75) is 12.0 Å². The fourth-order valence-corrected chi connectivity index (χ4v) is 4.84. The van der Waals surface area contributed by atoms with Gasteiger partial charge in [-0.3, -0.25) is 10.1 Å². The summed E-state index contributed by atoms with van der Waals surface area (Å²) in [6.45, 7) is 0.343. The largest absolute Gasteiger partial charge is 0.285 e. The lowest BCUT2D eigenvalue weighted by Gasteiger charge is -2.46. The van der Waals surface area contributed by atoms with E-state index in [9.17, 15) is 13.7 Å². The van der Waals surface area contributed by atoms with E-state index in [1.165, 1.54) is 9.10 Å². The molecule has 156 valence electrons. The molecule has 0 amide bonds. The second-order valence-corrected chi connectivity index (χ2v) is 9.67. The van der Waals surface area contributed by atoms with Gasteiger partial charge in [-0.05, 0) is 23.8 Å². The van der Waals surface area contributed by atoms with Crippen molar-refractivity contribution in [3.05, 3.63) is 49.1 Å². The third kappa shape index (κ3) is 3.26. The first kappa shape index (κ1) is 19.3. The highest BCUT2D eigenvalue weighted by atomic mass is 32.2. The number of nitriles is 1. The molecule has 5 rings (SSSR count). The summed E-state index contributed by atoms with van der Waals surface area (Å²) < 4.78 is 25.0. The van der Waals surface area contributed by atoms with Crippen LogP contribution in [0.25, 0.3) is 33.3 Å². The van der Waals surface area contributed by atoms with Crippen molar-refractivity contribution in [3.8, 4) is 28.5 Å². The average Bonchev–Trinajstić information content (AvgIpc) is 3.41. The van der Waals surface area contributed by atoms with Crippen molar-refractivity contribution < 1.29 is 8.42 Å². The Balaban J connectivity index is 1.59. The second kappa shape index (κ2) is 6.97. The Bertz CT molecular complexity index is 1410. The molecule has 1 saturated heterocycles. The summed E-state index contributed by atoms with van der Waals surface area (Å²) >= 11 is 0. The first-order chi connectivity index (χ1) is 14.9. The van der Waals surface area contributed by atoms with Gasteiger partial charge in [-0.25, -0.2) is 8.42 Å². The maximum absolute atomic E-state index is 11.8. The molecule has 4 aromatic rings. The first-order valence-corrected chi connectivity index (χ1v) is 11.4. The third-order valence-electron chi connectivity index (χ3n) is 5.56. The number of H-pyrrole nitrogens is 1. The minimum atomic E-state index is -3.33. The molecular formula is C20H18N8O2S. The zero-order valence-electron chi connectivity index (χ0n) is 16.6. The zero-order chi connectivity index (χ0) is 21.6. The van der Waals surface area contributed by atoms with Crippen LogP contribution in [0.4, 0.5) is 0 Å². The quantitative estimate of drug-likeness (QED) is 0.506. The first-order valence-electron chi connectivity index (χ1n) is 9.53. The van der Waals surface area contributed by atoms with Gasteiger partial charge in [-0.1, -0.05) is 6.07 Å². The maximum atomic E-state index is 11.8. The second-order valence-electron chi connectivity index (χ2n) is 7.69. The maximum Gasteiger partial charge on any atom is 0.211 e. The van der Waals surface area contributed by atoms with Crippen LogP contribution in [0.2, 0.25) is 0 Å². The molecule has 0 atom stereocenters. The number of aromatic nitrogens is 6. The van der Waals surface area contributed by atoms with Gasteiger partial charge in [-0.2, -0.15) is 29.7 Å². The number of aromatic amines is 1. The number of benzene rings is 1. The predicted molar refractivity (Wildman–Crippen MR) is 113 cm³/mol. The Morgan fingerprint density at radius 3 is 2.81 bits per heavy atom. The van der Waals surface area contributed by atoms with Crippen molar-refractivity contribution in [1.29, 1.82) is 5.26 Å². The molecule has 11 heteroatoms. The summed E-state index contributed by atoms with van der Waals surface area (Å²) in [7, 11) is -3.33. The van der Waals surface area contributed by atoms with Crippen molar-refractivity contribution in [2.75, 3.05) is 19.3 Å². The van der Waals surface area contributed by atoms with Gasteiger partial charge in [-0.15, -0.1) is 0 Å². The molecule has 3 aromatic heterocycles. The van der Waals surface area contributed by atoms with Gasteiger partial charge in [0.25, 0.3) is 0 Å². The number of nitrogens with zero attached hydrogens (tertiary/aromatic N) is 7. The number of nitrogens with one attached hydrogen (secondary N) is 1. The molecule has 1 aliphatic rings. The fourth-order valence-electron chi connectivity index (χ4n) is 3.89. The summed E-state index contributed by atoms with van der Waals surface area (Å²) in [5.41, 5.74) is 3.36. The number of hydrogen-bond donors (Lipinski definition) is 1. The zero-order valence-corrected chi connectivity index (χ0v) is 17.4. The summed E-state index contributed by atoms with van der Waals surface area (Å²) in [6.07, 6.45) is 8.19. The van der Waals surface area contributed by atoms with Crippen LogP contribution in [0.5, 0.6) is 0 Å². The lowest BCUT2D eigenvalue weighted by molar-refractivity contribution is 0.0579. The van der Waals surface area contributed by atoms with Crippen LogP contribution in [0.1, 0.15) is 6.42 Å². The smallest absolute Gasteiger partial charge is 0.211 e. The average molecular weight is 434 g/mol. The highest BCUT2D eigenvalue weighted by Gasteiger charge is 2.50. The van der Waals surface area contributed by atoms with E-state index >= 15 is 0 Å². The van der Waals surface area contributed by atoms with Crippen LogP contribution in [0, 0.1) is 11.3 Å². The molecule has 0 unspecified atom stereocenters. The molecule has 4 heterocycles. The van der Waals surface area contributed by atoms with Gasteiger partial charge in [0.05, 0.1) is 36.7 Å². The van der Waals surface area contributed by atoms with E-state index in [1.807, 2.05) is 24.3 Å². The van der Waals surface area contributed by atoms with Gasteiger partial charge < -0.3 is 0 Å². The molecule has 1 fully saturated rings. The molecule has 1 aliphatic heterocycles. The summed E-state index contributed by atoms with van der Waals surface area (Å²) in [6, 6.07) is 9.97. The van der Waals surface area contributed by atoms with Gasteiger partial charge >= 0.3 is 0 Å². The van der Waals surface area contributed by atoms with E-state index in [1.54, 1.807) is 24.8 Å². The highest BCUT2D eigenvalue weighted by molar-refractivity contribution is 7.88. The molecule has 10 nitrogen and oxygen atoms in total. The van der Waals surface area contributed by atoms with Gasteiger partial charge in [0.1, 0.15) is 11.2 Å². The van der Waals surface area contributed by atoms with E-state index in [2.05, 4.69) is 31.4 Å². The van der Waals surface area contributed by atoms with Gasteiger partial charge in [0.15, 0.2) is 0 Å². The Hall–Kier alpha value is -3.62. The Kier molecular flexibility index (Phi) is 4.35. The van der Waals surface area contributed by atoms with Crippen LogP contribution in [0.15, 0.2) is 49.1 Å². The molecule has 0 bridgehead atoms. The van der Waals surface area contributed by atoms with Crippen LogP contribution < -0.4 is 0 Å². The Morgan fingerprint density at radius 1 is 1.26 bits per heavy atom. The Labute approximate surface area is 178 Å². The molecule has 1 aromatic carbocycles. The van der Waals surface area contributed by atoms with Gasteiger partial charge in [0, 0.05) is 42.0 Å². The van der Waals surface area contributed by atoms with Crippen LogP contribution >= 0.6 is 0 Å². The molecular weight excluding hydrogens is 416 g/mol. The van der Waals surface area contributed by atoms with E-state index in [-0.39, 0.29) is 19.5 Å². The summed E-state index contributed by atoms with van der Waals surface area (Å²) in [4.78, 5) is 5.97. The van der Waals surface area contributed by atoms with E-state index < -0.39 is 15.6 Å². The van der Waals surface area contributed by atoms with Crippen LogP contribution in [0.3, 0.4) is 0 Å². The van der Waals surface area contributed by atoms with Crippen molar-refractivity contribution in [1.82, 2.24) is 34.5 Å². The van der Waals surface area contributed by atoms with Crippen molar-refractivity contribution in [2.24, 2.45) is 0 Å². The number of sulfonamides is 1. The summed E-state index contributed by atoms with van der Waals surface area (Å²) in [5, 5.41) is 26.2. The van der Waals surface area contributed by atoms with Crippen LogP contribution in [-0.4, -0.2) is 62.2 Å². The minimum Gasteiger partial charge on any atom is -0.285 e. The normalized spacial score (nSPS) is 16.1.